The first kappa shape index (κ1) is 51.5. The summed E-state index contributed by atoms with van der Waals surface area (Å²) in [5.41, 5.74) is 0. The average Bonchev–Trinajstić information content (AvgIpc) is 3.31. The lowest BCUT2D eigenvalue weighted by Crippen LogP contribution is -2.08. The third-order valence-electron chi connectivity index (χ3n) is 11.1. The zero-order valence-electron chi connectivity index (χ0n) is 39.5. The quantitative estimate of drug-likeness (QED) is 0.0190. The predicted octanol–water partition coefficient (Wildman–Crippen LogP) is 14.0. The van der Waals surface area contributed by atoms with Gasteiger partial charge in [0.25, 0.3) is 0 Å². The SMILES string of the molecule is C=CC(=O)OCCCOc1cc2c(cc1OCCCCCC)c1cc(OCCCCCC)c(OCCCCCC)cc1c1cc(OCCCCCC)c(OCCCOC(=O)C=C)cc12. The van der Waals surface area contributed by atoms with Crippen LogP contribution in [-0.2, 0) is 19.1 Å². The van der Waals surface area contributed by atoms with E-state index in [9.17, 15) is 9.59 Å². The van der Waals surface area contributed by atoms with Gasteiger partial charge in [0.2, 0.25) is 0 Å². The van der Waals surface area contributed by atoms with Gasteiger partial charge in [-0.2, -0.15) is 0 Å². The summed E-state index contributed by atoms with van der Waals surface area (Å²) in [5, 5.41) is 5.81. The third kappa shape index (κ3) is 16.8. The number of rotatable bonds is 36. The molecule has 0 amide bonds. The Bertz CT molecular complexity index is 1890. The van der Waals surface area contributed by atoms with Crippen molar-refractivity contribution in [3.8, 4) is 34.5 Å². The number of hydrogen-bond donors (Lipinski definition) is 0. The van der Waals surface area contributed by atoms with E-state index < -0.39 is 11.9 Å². The van der Waals surface area contributed by atoms with Crippen molar-refractivity contribution in [1.82, 2.24) is 0 Å². The molecule has 4 aromatic carbocycles. The van der Waals surface area contributed by atoms with Gasteiger partial charge in [-0.25, -0.2) is 9.59 Å². The van der Waals surface area contributed by atoms with Crippen LogP contribution in [0.25, 0.3) is 32.3 Å². The Hall–Kier alpha value is -5.12. The van der Waals surface area contributed by atoms with Gasteiger partial charge in [-0.3, -0.25) is 0 Å². The second-order valence-electron chi connectivity index (χ2n) is 16.3. The summed E-state index contributed by atoms with van der Waals surface area (Å²) in [4.78, 5) is 23.5. The first-order valence-corrected chi connectivity index (χ1v) is 24.3. The van der Waals surface area contributed by atoms with E-state index in [0.717, 1.165) is 146 Å². The van der Waals surface area contributed by atoms with Crippen LogP contribution >= 0.6 is 0 Å². The first-order valence-electron chi connectivity index (χ1n) is 24.3. The van der Waals surface area contributed by atoms with Crippen LogP contribution in [0.3, 0.4) is 0 Å². The fourth-order valence-electron chi connectivity index (χ4n) is 7.48. The normalized spacial score (nSPS) is 11.1. The molecule has 0 spiro atoms. The van der Waals surface area contributed by atoms with Crippen molar-refractivity contribution in [2.24, 2.45) is 0 Å². The van der Waals surface area contributed by atoms with Crippen LogP contribution in [0.5, 0.6) is 34.5 Å². The molecule has 0 atom stereocenters. The van der Waals surface area contributed by atoms with Crippen LogP contribution in [0.2, 0.25) is 0 Å². The third-order valence-corrected chi connectivity index (χ3v) is 11.1. The van der Waals surface area contributed by atoms with Gasteiger partial charge >= 0.3 is 11.9 Å². The highest BCUT2D eigenvalue weighted by molar-refractivity contribution is 6.26. The Kier molecular flexibility index (Phi) is 24.2. The molecule has 352 valence electrons. The molecule has 0 saturated heterocycles. The van der Waals surface area contributed by atoms with Crippen LogP contribution in [0.15, 0.2) is 61.7 Å². The van der Waals surface area contributed by atoms with Gasteiger partial charge in [-0.05, 0) is 94.4 Å². The second kappa shape index (κ2) is 30.1. The number of carbonyl (C=O) groups excluding carboxylic acids is 2. The summed E-state index contributed by atoms with van der Waals surface area (Å²) in [6.45, 7) is 19.1. The molecule has 0 bridgehead atoms. The van der Waals surface area contributed by atoms with Gasteiger partial charge in [0.05, 0.1) is 52.9 Å². The molecule has 0 N–H and O–H groups in total. The molecule has 0 saturated carbocycles. The van der Waals surface area contributed by atoms with Crippen LogP contribution in [0.4, 0.5) is 0 Å². The molecule has 0 heterocycles. The lowest BCUT2D eigenvalue weighted by molar-refractivity contribution is -0.138. The zero-order chi connectivity index (χ0) is 45.8. The number of fused-ring (bicyclic) bond motifs is 6. The van der Waals surface area contributed by atoms with Gasteiger partial charge in [0.15, 0.2) is 34.5 Å². The summed E-state index contributed by atoms with van der Waals surface area (Å²) < 4.78 is 49.7. The lowest BCUT2D eigenvalue weighted by atomic mass is 9.93. The fourth-order valence-corrected chi connectivity index (χ4v) is 7.48. The molecular weight excluding hydrogens is 809 g/mol. The summed E-state index contributed by atoms with van der Waals surface area (Å²) in [6, 6.07) is 12.6. The number of hydrogen-bond acceptors (Lipinski definition) is 10. The fraction of sp³-hybridized carbons (Fsp3) is 0.556. The Morgan fingerprint density at radius 3 is 0.766 bits per heavy atom. The average molecular weight is 885 g/mol. The number of esters is 2. The largest absolute Gasteiger partial charge is 0.490 e. The highest BCUT2D eigenvalue weighted by Crippen LogP contribution is 2.47. The monoisotopic (exact) mass is 885 g/mol. The van der Waals surface area contributed by atoms with Gasteiger partial charge in [0, 0.05) is 25.0 Å². The van der Waals surface area contributed by atoms with E-state index in [4.69, 9.17) is 37.9 Å². The molecule has 64 heavy (non-hydrogen) atoms. The highest BCUT2D eigenvalue weighted by Gasteiger charge is 2.21. The van der Waals surface area contributed by atoms with E-state index in [1.807, 2.05) is 0 Å². The molecule has 0 aliphatic heterocycles. The highest BCUT2D eigenvalue weighted by atomic mass is 16.5. The van der Waals surface area contributed by atoms with E-state index >= 15 is 0 Å². The van der Waals surface area contributed by atoms with Crippen molar-refractivity contribution < 1.29 is 47.5 Å². The predicted molar refractivity (Wildman–Crippen MR) is 260 cm³/mol. The molecule has 0 aromatic heterocycles. The molecular formula is C54H76O10. The molecule has 0 radical (unpaired) electrons. The number of ether oxygens (including phenoxy) is 8. The topological polar surface area (TPSA) is 108 Å². The minimum absolute atomic E-state index is 0.206. The molecule has 4 rings (SSSR count). The maximum Gasteiger partial charge on any atom is 0.330 e. The smallest absolute Gasteiger partial charge is 0.330 e. The first-order chi connectivity index (χ1) is 31.4. The Labute approximate surface area is 382 Å². The Morgan fingerprint density at radius 2 is 0.562 bits per heavy atom. The minimum Gasteiger partial charge on any atom is -0.490 e. The van der Waals surface area contributed by atoms with E-state index in [2.05, 4.69) is 77.3 Å². The summed E-state index contributed by atoms with van der Waals surface area (Å²) in [5.74, 6) is 3.00. The second-order valence-corrected chi connectivity index (χ2v) is 16.3. The van der Waals surface area contributed by atoms with Gasteiger partial charge in [0.1, 0.15) is 0 Å². The molecule has 0 aliphatic carbocycles. The van der Waals surface area contributed by atoms with Crippen molar-refractivity contribution in [3.05, 3.63) is 61.7 Å². The Balaban J connectivity index is 1.94. The van der Waals surface area contributed by atoms with E-state index in [0.29, 0.717) is 75.5 Å². The lowest BCUT2D eigenvalue weighted by Gasteiger charge is -2.21. The van der Waals surface area contributed by atoms with Crippen molar-refractivity contribution >= 4 is 44.3 Å². The zero-order valence-corrected chi connectivity index (χ0v) is 39.5. The van der Waals surface area contributed by atoms with Crippen LogP contribution < -0.4 is 28.4 Å². The molecule has 0 unspecified atom stereocenters. The summed E-state index contributed by atoms with van der Waals surface area (Å²) in [7, 11) is 0. The van der Waals surface area contributed by atoms with Crippen molar-refractivity contribution in [1.29, 1.82) is 0 Å². The van der Waals surface area contributed by atoms with Crippen molar-refractivity contribution in [2.75, 3.05) is 52.9 Å². The van der Waals surface area contributed by atoms with Gasteiger partial charge in [-0.15, -0.1) is 0 Å². The summed E-state index contributed by atoms with van der Waals surface area (Å²) >= 11 is 0. The number of unbranched alkanes of at least 4 members (excludes halogenated alkanes) is 12. The van der Waals surface area contributed by atoms with E-state index in [1.54, 1.807) is 0 Å². The maximum atomic E-state index is 11.7. The van der Waals surface area contributed by atoms with E-state index in [-0.39, 0.29) is 13.2 Å². The minimum atomic E-state index is -0.463. The van der Waals surface area contributed by atoms with Crippen LogP contribution in [-0.4, -0.2) is 64.8 Å². The maximum absolute atomic E-state index is 11.7. The molecule has 10 heteroatoms. The van der Waals surface area contributed by atoms with Crippen molar-refractivity contribution in [2.45, 2.75) is 143 Å². The molecule has 0 fully saturated rings. The summed E-state index contributed by atoms with van der Waals surface area (Å²) in [6.07, 6.45) is 20.6. The van der Waals surface area contributed by atoms with Crippen LogP contribution in [0, 0.1) is 0 Å². The van der Waals surface area contributed by atoms with Gasteiger partial charge < -0.3 is 37.9 Å². The molecule has 10 nitrogen and oxygen atoms in total. The van der Waals surface area contributed by atoms with Crippen molar-refractivity contribution in [3.63, 3.8) is 0 Å². The Morgan fingerprint density at radius 1 is 0.344 bits per heavy atom. The van der Waals surface area contributed by atoms with Crippen LogP contribution in [0.1, 0.15) is 143 Å². The molecule has 4 aromatic rings. The standard InChI is InChI=1S/C54H76O10/c1-7-13-17-21-27-57-47-35-41-42(36-48(47)58-28-22-18-14-8-2)44-38-50(60-30-24-20-16-10-4)52(62-32-26-34-64-54(56)12-6)40-46(44)45-39-51(61-31-25-33-63-53(55)11-5)49(37-43(41)45)59-29-23-19-15-9-3/h11-12,35-40H,5-10,13-34H2,1-4H3. The molecule has 0 aliphatic rings. The van der Waals surface area contributed by atoms with Gasteiger partial charge in [-0.1, -0.05) is 118 Å². The van der Waals surface area contributed by atoms with E-state index in [1.165, 1.54) is 12.8 Å². The number of carbonyl (C=O) groups is 2. The number of benzene rings is 4.